The maximum Gasteiger partial charge on any atom is 0.410 e. The molecule has 1 aliphatic heterocycles. The van der Waals surface area contributed by atoms with Gasteiger partial charge in [0.15, 0.2) is 0 Å². The number of nitrogens with two attached hydrogens (primary N) is 1. The van der Waals surface area contributed by atoms with Gasteiger partial charge in [-0.1, -0.05) is 17.3 Å². The number of nitrogen functional groups attached to an aromatic ring is 1. The van der Waals surface area contributed by atoms with Gasteiger partial charge in [-0.3, -0.25) is 0 Å². The van der Waals surface area contributed by atoms with Crippen LogP contribution in [0.3, 0.4) is 0 Å². The van der Waals surface area contributed by atoms with Crippen LogP contribution in [0, 0.1) is 6.92 Å². The highest BCUT2D eigenvalue weighted by Gasteiger charge is 2.26. The van der Waals surface area contributed by atoms with E-state index >= 15 is 0 Å². The molecular formula is C27H34N4O4. The van der Waals surface area contributed by atoms with E-state index in [2.05, 4.69) is 23.1 Å². The first kappa shape index (κ1) is 24.6. The maximum absolute atomic E-state index is 12.6. The lowest BCUT2D eigenvalue weighted by molar-refractivity contribution is 0.0258. The van der Waals surface area contributed by atoms with E-state index in [1.807, 2.05) is 52.8 Å². The summed E-state index contributed by atoms with van der Waals surface area (Å²) in [6.07, 6.45) is 1.28. The number of hydrogen-bond donors (Lipinski definition) is 1. The van der Waals surface area contributed by atoms with Crippen molar-refractivity contribution in [3.63, 3.8) is 0 Å². The third kappa shape index (κ3) is 5.58. The van der Waals surface area contributed by atoms with Gasteiger partial charge in [0.2, 0.25) is 5.82 Å². The van der Waals surface area contributed by atoms with Gasteiger partial charge in [0.05, 0.1) is 11.8 Å². The van der Waals surface area contributed by atoms with E-state index in [0.717, 1.165) is 29.5 Å². The van der Waals surface area contributed by atoms with Crippen LogP contribution in [0.25, 0.3) is 22.8 Å². The summed E-state index contributed by atoms with van der Waals surface area (Å²) in [5, 5.41) is 4.24. The minimum atomic E-state index is -0.512. The Morgan fingerprint density at radius 3 is 2.57 bits per heavy atom. The van der Waals surface area contributed by atoms with E-state index in [9.17, 15) is 4.79 Å². The normalized spacial score (nSPS) is 14.0. The van der Waals surface area contributed by atoms with Crippen LogP contribution < -0.4 is 10.5 Å². The van der Waals surface area contributed by atoms with Crippen molar-refractivity contribution in [2.45, 2.75) is 66.1 Å². The third-order valence-corrected chi connectivity index (χ3v) is 5.92. The SMILES string of the molecule is Cc1c(-c2noc(-c3ccc(OC(C)C)c(N)c3)n2)ccc2c1CCN(C(=O)OC(C)(C)C)CC2. The van der Waals surface area contributed by atoms with E-state index in [1.165, 1.54) is 11.1 Å². The van der Waals surface area contributed by atoms with Crippen molar-refractivity contribution in [2.75, 3.05) is 18.8 Å². The molecule has 2 aromatic carbocycles. The van der Waals surface area contributed by atoms with Crippen LogP contribution in [-0.2, 0) is 17.6 Å². The molecule has 2 N–H and O–H groups in total. The molecule has 0 saturated carbocycles. The highest BCUT2D eigenvalue weighted by Crippen LogP contribution is 2.32. The number of anilines is 1. The largest absolute Gasteiger partial charge is 0.489 e. The first-order chi connectivity index (χ1) is 16.5. The van der Waals surface area contributed by atoms with Crippen molar-refractivity contribution in [1.29, 1.82) is 0 Å². The molecule has 4 rings (SSSR count). The van der Waals surface area contributed by atoms with Crippen molar-refractivity contribution in [3.05, 3.63) is 47.0 Å². The van der Waals surface area contributed by atoms with Crippen molar-refractivity contribution in [2.24, 2.45) is 0 Å². The molecule has 0 spiro atoms. The number of benzene rings is 2. The number of rotatable bonds is 4. The number of fused-ring (bicyclic) bond motifs is 1. The fourth-order valence-corrected chi connectivity index (χ4v) is 4.25. The summed E-state index contributed by atoms with van der Waals surface area (Å²) in [4.78, 5) is 19.0. The van der Waals surface area contributed by atoms with E-state index in [-0.39, 0.29) is 12.2 Å². The van der Waals surface area contributed by atoms with Crippen molar-refractivity contribution in [3.8, 4) is 28.6 Å². The zero-order chi connectivity index (χ0) is 25.3. The average molecular weight is 479 g/mol. The van der Waals surface area contributed by atoms with Gasteiger partial charge in [-0.15, -0.1) is 0 Å². The quantitative estimate of drug-likeness (QED) is 0.500. The van der Waals surface area contributed by atoms with E-state index in [4.69, 9.17) is 19.7 Å². The molecule has 8 nitrogen and oxygen atoms in total. The predicted octanol–water partition coefficient (Wildman–Crippen LogP) is 5.42. The molecule has 1 aliphatic rings. The second-order valence-corrected chi connectivity index (χ2v) is 10.2. The Labute approximate surface area is 206 Å². The molecule has 0 bridgehead atoms. The fourth-order valence-electron chi connectivity index (χ4n) is 4.25. The van der Waals surface area contributed by atoms with E-state index in [0.29, 0.717) is 36.2 Å². The Balaban J connectivity index is 1.55. The number of carbonyl (C=O) groups excluding carboxylic acids is 1. The zero-order valence-corrected chi connectivity index (χ0v) is 21.3. The standard InChI is InChI=1S/C27H34N4O4/c1-16(2)33-23-10-8-19(15-22(23)28)25-29-24(30-35-25)21-9-7-18-11-13-31(14-12-20(18)17(21)3)26(32)34-27(4,5)6/h7-10,15-16H,11-14,28H2,1-6H3. The molecule has 0 aliphatic carbocycles. The van der Waals surface area contributed by atoms with Gasteiger partial charge in [-0.2, -0.15) is 4.98 Å². The molecule has 8 heteroatoms. The fraction of sp³-hybridized carbons (Fsp3) is 0.444. The minimum absolute atomic E-state index is 0.0329. The lowest BCUT2D eigenvalue weighted by Gasteiger charge is -2.26. The highest BCUT2D eigenvalue weighted by atomic mass is 16.6. The molecule has 2 heterocycles. The first-order valence-electron chi connectivity index (χ1n) is 12.0. The summed E-state index contributed by atoms with van der Waals surface area (Å²) in [6, 6.07) is 9.59. The van der Waals surface area contributed by atoms with Gasteiger partial charge in [0.1, 0.15) is 11.4 Å². The third-order valence-electron chi connectivity index (χ3n) is 5.92. The summed E-state index contributed by atoms with van der Waals surface area (Å²) in [5.41, 5.74) is 11.4. The van der Waals surface area contributed by atoms with E-state index in [1.54, 1.807) is 11.0 Å². The first-order valence-corrected chi connectivity index (χ1v) is 12.0. The Kier molecular flexibility index (Phi) is 6.74. The molecule has 1 amide bonds. The molecule has 35 heavy (non-hydrogen) atoms. The lowest BCUT2D eigenvalue weighted by atomic mass is 9.93. The Morgan fingerprint density at radius 1 is 1.14 bits per heavy atom. The van der Waals surface area contributed by atoms with Gasteiger partial charge < -0.3 is 24.6 Å². The van der Waals surface area contributed by atoms with Crippen LogP contribution in [0.1, 0.15) is 51.3 Å². The van der Waals surface area contributed by atoms with Gasteiger partial charge in [-0.25, -0.2) is 4.79 Å². The predicted molar refractivity (Wildman–Crippen MR) is 135 cm³/mol. The molecule has 0 radical (unpaired) electrons. The Hall–Kier alpha value is -3.55. The zero-order valence-electron chi connectivity index (χ0n) is 21.3. The van der Waals surface area contributed by atoms with Crippen molar-refractivity contribution in [1.82, 2.24) is 15.0 Å². The highest BCUT2D eigenvalue weighted by molar-refractivity contribution is 5.70. The monoisotopic (exact) mass is 478 g/mol. The second-order valence-electron chi connectivity index (χ2n) is 10.2. The summed E-state index contributed by atoms with van der Waals surface area (Å²) in [5.74, 6) is 1.55. The van der Waals surface area contributed by atoms with Crippen LogP contribution in [0.2, 0.25) is 0 Å². The Morgan fingerprint density at radius 2 is 1.89 bits per heavy atom. The van der Waals surface area contributed by atoms with Crippen molar-refractivity contribution < 1.29 is 18.8 Å². The molecule has 0 fully saturated rings. The van der Waals surface area contributed by atoms with Gasteiger partial charge in [-0.05, 0) is 89.3 Å². The Bertz CT molecular complexity index is 1230. The average Bonchev–Trinajstić information content (AvgIpc) is 3.14. The summed E-state index contributed by atoms with van der Waals surface area (Å²) >= 11 is 0. The molecule has 1 aromatic heterocycles. The summed E-state index contributed by atoms with van der Waals surface area (Å²) in [7, 11) is 0. The van der Waals surface area contributed by atoms with Crippen LogP contribution in [0.4, 0.5) is 10.5 Å². The number of amides is 1. The summed E-state index contributed by atoms with van der Waals surface area (Å²) in [6.45, 7) is 12.9. The smallest absolute Gasteiger partial charge is 0.410 e. The van der Waals surface area contributed by atoms with Crippen LogP contribution in [0.5, 0.6) is 5.75 Å². The number of carbonyl (C=O) groups is 1. The molecule has 3 aromatic rings. The van der Waals surface area contributed by atoms with E-state index < -0.39 is 5.60 Å². The van der Waals surface area contributed by atoms with Crippen molar-refractivity contribution >= 4 is 11.8 Å². The van der Waals surface area contributed by atoms with Gasteiger partial charge in [0, 0.05) is 24.2 Å². The molecule has 0 unspecified atom stereocenters. The topological polar surface area (TPSA) is 104 Å². The summed E-state index contributed by atoms with van der Waals surface area (Å²) < 4.78 is 16.9. The number of nitrogens with zero attached hydrogens (tertiary/aromatic N) is 3. The van der Waals surface area contributed by atoms with Crippen LogP contribution >= 0.6 is 0 Å². The number of aromatic nitrogens is 2. The molecule has 186 valence electrons. The molecule has 0 saturated heterocycles. The lowest BCUT2D eigenvalue weighted by Crippen LogP contribution is -2.38. The number of ether oxygens (including phenoxy) is 2. The minimum Gasteiger partial charge on any atom is -0.489 e. The number of hydrogen-bond acceptors (Lipinski definition) is 7. The molecular weight excluding hydrogens is 444 g/mol. The van der Waals surface area contributed by atoms with Crippen LogP contribution in [-0.4, -0.2) is 45.9 Å². The van der Waals surface area contributed by atoms with Crippen LogP contribution in [0.15, 0.2) is 34.9 Å². The molecule has 0 atom stereocenters. The second kappa shape index (κ2) is 9.60. The maximum atomic E-state index is 12.6. The van der Waals surface area contributed by atoms with Gasteiger partial charge >= 0.3 is 6.09 Å². The van der Waals surface area contributed by atoms with Gasteiger partial charge in [0.25, 0.3) is 5.89 Å².